The van der Waals surface area contributed by atoms with Crippen LogP contribution in [0.4, 0.5) is 5.82 Å². The standard InChI is InChI=1S/C15H23N3O/c19-9-8-18(14-2-1-3-14)15-7-4-12(11-17-15)10-16-13-5-6-13/h4,7,11,13-14,16,19H,1-3,5-6,8-10H2. The second-order valence-corrected chi connectivity index (χ2v) is 5.68. The molecule has 4 nitrogen and oxygen atoms in total. The van der Waals surface area contributed by atoms with Crippen LogP contribution in [0.25, 0.3) is 0 Å². The molecule has 2 fully saturated rings. The van der Waals surface area contributed by atoms with Gasteiger partial charge in [0.1, 0.15) is 5.82 Å². The average Bonchev–Trinajstić information content (AvgIpc) is 3.18. The number of rotatable bonds is 7. The van der Waals surface area contributed by atoms with Gasteiger partial charge in [-0.15, -0.1) is 0 Å². The Morgan fingerprint density at radius 3 is 2.63 bits per heavy atom. The lowest BCUT2D eigenvalue weighted by molar-refractivity contribution is 0.283. The molecule has 1 aromatic rings. The van der Waals surface area contributed by atoms with Crippen molar-refractivity contribution in [2.75, 3.05) is 18.1 Å². The second kappa shape index (κ2) is 5.88. The van der Waals surface area contributed by atoms with E-state index in [1.807, 2.05) is 6.20 Å². The van der Waals surface area contributed by atoms with Crippen LogP contribution in [0.3, 0.4) is 0 Å². The summed E-state index contributed by atoms with van der Waals surface area (Å²) in [6.45, 7) is 1.81. The molecule has 2 aliphatic rings. The fourth-order valence-corrected chi connectivity index (χ4v) is 2.53. The smallest absolute Gasteiger partial charge is 0.128 e. The average molecular weight is 261 g/mol. The zero-order valence-corrected chi connectivity index (χ0v) is 11.4. The summed E-state index contributed by atoms with van der Waals surface area (Å²) >= 11 is 0. The Kier molecular flexibility index (Phi) is 3.99. The Balaban J connectivity index is 1.61. The highest BCUT2D eigenvalue weighted by Crippen LogP contribution is 2.28. The van der Waals surface area contributed by atoms with Gasteiger partial charge in [-0.25, -0.2) is 4.98 Å². The molecular weight excluding hydrogens is 238 g/mol. The molecule has 0 bridgehead atoms. The summed E-state index contributed by atoms with van der Waals surface area (Å²) in [5.74, 6) is 1.01. The van der Waals surface area contributed by atoms with Gasteiger partial charge < -0.3 is 15.3 Å². The number of pyridine rings is 1. The fourth-order valence-electron chi connectivity index (χ4n) is 2.53. The molecule has 19 heavy (non-hydrogen) atoms. The highest BCUT2D eigenvalue weighted by molar-refractivity contribution is 5.41. The van der Waals surface area contributed by atoms with Gasteiger partial charge in [0.25, 0.3) is 0 Å². The number of aliphatic hydroxyl groups excluding tert-OH is 1. The molecule has 2 aliphatic carbocycles. The quantitative estimate of drug-likeness (QED) is 0.784. The predicted molar refractivity (Wildman–Crippen MR) is 76.2 cm³/mol. The molecule has 0 unspecified atom stereocenters. The van der Waals surface area contributed by atoms with Gasteiger partial charge in [0.15, 0.2) is 0 Å². The van der Waals surface area contributed by atoms with E-state index in [4.69, 9.17) is 0 Å². The van der Waals surface area contributed by atoms with Crippen molar-refractivity contribution in [3.8, 4) is 0 Å². The maximum Gasteiger partial charge on any atom is 0.128 e. The molecule has 2 saturated carbocycles. The van der Waals surface area contributed by atoms with Crippen molar-refractivity contribution in [3.05, 3.63) is 23.9 Å². The van der Waals surface area contributed by atoms with E-state index in [9.17, 15) is 5.11 Å². The van der Waals surface area contributed by atoms with Crippen molar-refractivity contribution in [2.45, 2.75) is 50.7 Å². The van der Waals surface area contributed by atoms with Gasteiger partial charge >= 0.3 is 0 Å². The predicted octanol–water partition coefficient (Wildman–Crippen LogP) is 1.68. The Labute approximate surface area is 114 Å². The van der Waals surface area contributed by atoms with Gasteiger partial charge in [-0.2, -0.15) is 0 Å². The van der Waals surface area contributed by atoms with E-state index >= 15 is 0 Å². The van der Waals surface area contributed by atoms with Gasteiger partial charge in [0, 0.05) is 31.4 Å². The molecule has 0 aliphatic heterocycles. The zero-order chi connectivity index (χ0) is 13.1. The summed E-state index contributed by atoms with van der Waals surface area (Å²) in [4.78, 5) is 6.83. The molecule has 3 rings (SSSR count). The van der Waals surface area contributed by atoms with Crippen LogP contribution in [0.2, 0.25) is 0 Å². The van der Waals surface area contributed by atoms with E-state index in [0.29, 0.717) is 12.6 Å². The van der Waals surface area contributed by atoms with E-state index in [1.165, 1.54) is 37.7 Å². The van der Waals surface area contributed by atoms with Crippen LogP contribution in [0.5, 0.6) is 0 Å². The zero-order valence-electron chi connectivity index (χ0n) is 11.4. The lowest BCUT2D eigenvalue weighted by Crippen LogP contribution is -2.42. The minimum Gasteiger partial charge on any atom is -0.395 e. The third kappa shape index (κ3) is 3.25. The number of anilines is 1. The minimum absolute atomic E-state index is 0.198. The Morgan fingerprint density at radius 1 is 1.26 bits per heavy atom. The van der Waals surface area contributed by atoms with Gasteiger partial charge in [-0.05, 0) is 43.7 Å². The monoisotopic (exact) mass is 261 g/mol. The molecule has 0 radical (unpaired) electrons. The van der Waals surface area contributed by atoms with Crippen molar-refractivity contribution in [3.63, 3.8) is 0 Å². The van der Waals surface area contributed by atoms with Gasteiger partial charge in [0.05, 0.1) is 6.61 Å². The third-order valence-electron chi connectivity index (χ3n) is 4.13. The molecule has 2 N–H and O–H groups in total. The van der Waals surface area contributed by atoms with Crippen molar-refractivity contribution >= 4 is 5.82 Å². The molecule has 1 aromatic heterocycles. The van der Waals surface area contributed by atoms with E-state index in [-0.39, 0.29) is 6.61 Å². The molecule has 0 saturated heterocycles. The number of hydrogen-bond acceptors (Lipinski definition) is 4. The molecule has 104 valence electrons. The van der Waals surface area contributed by atoms with Crippen LogP contribution in [0.15, 0.2) is 18.3 Å². The highest BCUT2D eigenvalue weighted by Gasteiger charge is 2.25. The Bertz CT molecular complexity index is 398. The van der Waals surface area contributed by atoms with Crippen LogP contribution in [-0.2, 0) is 6.54 Å². The van der Waals surface area contributed by atoms with Crippen LogP contribution >= 0.6 is 0 Å². The van der Waals surface area contributed by atoms with E-state index in [1.54, 1.807) is 0 Å². The first-order chi connectivity index (χ1) is 9.36. The second-order valence-electron chi connectivity index (χ2n) is 5.68. The Hall–Kier alpha value is -1.13. The lowest BCUT2D eigenvalue weighted by Gasteiger charge is -2.38. The summed E-state index contributed by atoms with van der Waals surface area (Å²) in [5, 5.41) is 12.7. The lowest BCUT2D eigenvalue weighted by atomic mass is 9.91. The molecule has 1 heterocycles. The van der Waals surface area contributed by atoms with Gasteiger partial charge in [-0.3, -0.25) is 0 Å². The topological polar surface area (TPSA) is 48.4 Å². The van der Waals surface area contributed by atoms with Crippen molar-refractivity contribution in [2.24, 2.45) is 0 Å². The molecule has 0 atom stereocenters. The van der Waals surface area contributed by atoms with Gasteiger partial charge in [-0.1, -0.05) is 6.07 Å². The number of nitrogens with one attached hydrogen (secondary N) is 1. The maximum absolute atomic E-state index is 9.19. The van der Waals surface area contributed by atoms with E-state index in [0.717, 1.165) is 18.4 Å². The summed E-state index contributed by atoms with van der Waals surface area (Å²) in [6, 6.07) is 5.56. The third-order valence-corrected chi connectivity index (χ3v) is 4.13. The van der Waals surface area contributed by atoms with E-state index in [2.05, 4.69) is 27.3 Å². The number of aliphatic hydroxyl groups is 1. The molecule has 0 amide bonds. The summed E-state index contributed by atoms with van der Waals surface area (Å²) in [5.41, 5.74) is 1.24. The summed E-state index contributed by atoms with van der Waals surface area (Å²) in [7, 11) is 0. The van der Waals surface area contributed by atoms with Crippen LogP contribution in [-0.4, -0.2) is 35.3 Å². The SMILES string of the molecule is OCCN(c1ccc(CNC2CC2)cn1)C1CCC1. The first-order valence-corrected chi connectivity index (χ1v) is 7.42. The molecule has 0 spiro atoms. The number of nitrogens with zero attached hydrogens (tertiary/aromatic N) is 2. The number of aromatic nitrogens is 1. The van der Waals surface area contributed by atoms with Crippen LogP contribution in [0.1, 0.15) is 37.7 Å². The van der Waals surface area contributed by atoms with Crippen LogP contribution in [0, 0.1) is 0 Å². The van der Waals surface area contributed by atoms with Crippen molar-refractivity contribution in [1.82, 2.24) is 10.3 Å². The molecule has 4 heteroatoms. The molecular formula is C15H23N3O. The van der Waals surface area contributed by atoms with Gasteiger partial charge in [0.2, 0.25) is 0 Å². The van der Waals surface area contributed by atoms with Crippen molar-refractivity contribution in [1.29, 1.82) is 0 Å². The first-order valence-electron chi connectivity index (χ1n) is 7.42. The van der Waals surface area contributed by atoms with E-state index < -0.39 is 0 Å². The summed E-state index contributed by atoms with van der Waals surface area (Å²) in [6.07, 6.45) is 8.36. The van der Waals surface area contributed by atoms with Crippen molar-refractivity contribution < 1.29 is 5.11 Å². The maximum atomic E-state index is 9.19. The highest BCUT2D eigenvalue weighted by atomic mass is 16.3. The fraction of sp³-hybridized carbons (Fsp3) is 0.667. The number of hydrogen-bond donors (Lipinski definition) is 2. The largest absolute Gasteiger partial charge is 0.395 e. The summed E-state index contributed by atoms with van der Waals surface area (Å²) < 4.78 is 0. The minimum atomic E-state index is 0.198. The Morgan fingerprint density at radius 2 is 2.11 bits per heavy atom. The normalized spacial score (nSPS) is 19.2. The first kappa shape index (κ1) is 12.9. The van der Waals surface area contributed by atoms with Crippen LogP contribution < -0.4 is 10.2 Å². The molecule has 0 aromatic carbocycles.